The molecule has 4 saturated carbocycles. The van der Waals surface area contributed by atoms with Crippen molar-refractivity contribution in [1.29, 1.82) is 0 Å². The van der Waals surface area contributed by atoms with Crippen LogP contribution in [0.1, 0.15) is 45.4 Å². The Labute approximate surface area is 98.4 Å². The summed E-state index contributed by atoms with van der Waals surface area (Å²) >= 11 is 0. The Kier molecular flexibility index (Phi) is 2.75. The fourth-order valence-electron chi connectivity index (χ4n) is 4.99. The van der Waals surface area contributed by atoms with Crippen molar-refractivity contribution >= 4 is 0 Å². The molecular weight excluding hydrogens is 200 g/mol. The Morgan fingerprint density at radius 1 is 1.12 bits per heavy atom. The molecule has 0 heterocycles. The molecule has 0 aromatic rings. The predicted octanol–water partition coefficient (Wildman–Crippen LogP) is 2.60. The summed E-state index contributed by atoms with van der Waals surface area (Å²) in [7, 11) is 0. The summed E-state index contributed by atoms with van der Waals surface area (Å²) in [4.78, 5) is 0. The van der Waals surface area contributed by atoms with E-state index in [0.29, 0.717) is 6.61 Å². The molecule has 4 aliphatic carbocycles. The van der Waals surface area contributed by atoms with E-state index in [1.807, 2.05) is 6.92 Å². The minimum absolute atomic E-state index is 0.208. The van der Waals surface area contributed by atoms with Crippen molar-refractivity contribution in [2.75, 3.05) is 13.2 Å². The summed E-state index contributed by atoms with van der Waals surface area (Å²) in [5.74, 6) is 2.76. The lowest BCUT2D eigenvalue weighted by molar-refractivity contribution is -0.138. The fraction of sp³-hybridized carbons (Fsp3) is 1.00. The van der Waals surface area contributed by atoms with E-state index in [1.54, 1.807) is 0 Å². The van der Waals surface area contributed by atoms with Gasteiger partial charge in [-0.05, 0) is 68.6 Å². The highest BCUT2D eigenvalue weighted by atomic mass is 16.5. The average Bonchev–Trinajstić information content (AvgIpc) is 2.24. The van der Waals surface area contributed by atoms with Gasteiger partial charge < -0.3 is 9.84 Å². The van der Waals surface area contributed by atoms with Gasteiger partial charge in [0.25, 0.3) is 0 Å². The first-order valence-corrected chi connectivity index (χ1v) is 6.97. The highest BCUT2D eigenvalue weighted by molar-refractivity contribution is 5.04. The highest BCUT2D eigenvalue weighted by Crippen LogP contribution is 2.61. The Hall–Kier alpha value is -0.0800. The standard InChI is InChI=1S/C14H24O2/c1-2-16-9-13(15)14-6-10-3-11(7-14)5-12(4-10)8-14/h10-13,15H,2-9H2,1H3. The Bertz CT molecular complexity index is 226. The van der Waals surface area contributed by atoms with Gasteiger partial charge in [-0.25, -0.2) is 0 Å². The molecule has 2 nitrogen and oxygen atoms in total. The van der Waals surface area contributed by atoms with Crippen molar-refractivity contribution in [3.05, 3.63) is 0 Å². The summed E-state index contributed by atoms with van der Waals surface area (Å²) < 4.78 is 5.43. The number of aliphatic hydroxyl groups is 1. The molecule has 16 heavy (non-hydrogen) atoms. The van der Waals surface area contributed by atoms with Crippen LogP contribution in [0.2, 0.25) is 0 Å². The quantitative estimate of drug-likeness (QED) is 0.795. The fourth-order valence-corrected chi connectivity index (χ4v) is 4.99. The molecule has 4 bridgehead atoms. The van der Waals surface area contributed by atoms with E-state index in [2.05, 4.69) is 0 Å². The maximum absolute atomic E-state index is 10.4. The Balaban J connectivity index is 1.72. The van der Waals surface area contributed by atoms with Gasteiger partial charge in [0.15, 0.2) is 0 Å². The first-order chi connectivity index (χ1) is 7.72. The maximum atomic E-state index is 10.4. The second-order valence-corrected chi connectivity index (χ2v) is 6.46. The van der Waals surface area contributed by atoms with E-state index in [9.17, 15) is 5.11 Å². The smallest absolute Gasteiger partial charge is 0.0829 e. The highest BCUT2D eigenvalue weighted by Gasteiger charge is 2.53. The van der Waals surface area contributed by atoms with Crippen molar-refractivity contribution in [3.8, 4) is 0 Å². The summed E-state index contributed by atoms with van der Waals surface area (Å²) in [6.45, 7) is 3.29. The molecule has 0 aromatic carbocycles. The number of rotatable bonds is 4. The molecule has 0 saturated heterocycles. The van der Waals surface area contributed by atoms with Crippen LogP contribution >= 0.6 is 0 Å². The molecular formula is C14H24O2. The van der Waals surface area contributed by atoms with Crippen LogP contribution in [0.5, 0.6) is 0 Å². The maximum Gasteiger partial charge on any atom is 0.0829 e. The van der Waals surface area contributed by atoms with Gasteiger partial charge in [-0.1, -0.05) is 0 Å². The molecule has 0 aromatic heterocycles. The lowest BCUT2D eigenvalue weighted by atomic mass is 9.48. The first-order valence-electron chi connectivity index (χ1n) is 6.97. The van der Waals surface area contributed by atoms with Crippen LogP contribution in [-0.4, -0.2) is 24.4 Å². The van der Waals surface area contributed by atoms with E-state index >= 15 is 0 Å². The van der Waals surface area contributed by atoms with Gasteiger partial charge in [0.2, 0.25) is 0 Å². The van der Waals surface area contributed by atoms with Crippen LogP contribution in [0.3, 0.4) is 0 Å². The van der Waals surface area contributed by atoms with Crippen molar-refractivity contribution in [2.45, 2.75) is 51.6 Å². The Morgan fingerprint density at radius 3 is 2.06 bits per heavy atom. The van der Waals surface area contributed by atoms with Crippen LogP contribution in [0, 0.1) is 23.2 Å². The normalized spacial score (nSPS) is 47.2. The number of hydrogen-bond acceptors (Lipinski definition) is 2. The summed E-state index contributed by atoms with van der Waals surface area (Å²) in [5.41, 5.74) is 0.240. The predicted molar refractivity (Wildman–Crippen MR) is 63.1 cm³/mol. The van der Waals surface area contributed by atoms with E-state index < -0.39 is 0 Å². The third-order valence-corrected chi connectivity index (χ3v) is 5.27. The van der Waals surface area contributed by atoms with Crippen molar-refractivity contribution in [1.82, 2.24) is 0 Å². The van der Waals surface area contributed by atoms with Crippen molar-refractivity contribution < 1.29 is 9.84 Å². The van der Waals surface area contributed by atoms with E-state index in [1.165, 1.54) is 38.5 Å². The van der Waals surface area contributed by atoms with E-state index in [4.69, 9.17) is 4.74 Å². The SMILES string of the molecule is CCOCC(O)C12CC3CC(CC(C3)C1)C2. The molecule has 1 N–H and O–H groups in total. The third kappa shape index (κ3) is 1.70. The monoisotopic (exact) mass is 224 g/mol. The summed E-state index contributed by atoms with van der Waals surface area (Å²) in [6.07, 6.45) is 7.94. The van der Waals surface area contributed by atoms with Crippen LogP contribution in [0.25, 0.3) is 0 Å². The second kappa shape index (κ2) is 3.99. The number of hydrogen-bond donors (Lipinski definition) is 1. The van der Waals surface area contributed by atoms with Crippen LogP contribution < -0.4 is 0 Å². The molecule has 1 unspecified atom stereocenters. The molecule has 2 heteroatoms. The third-order valence-electron chi connectivity index (χ3n) is 5.27. The largest absolute Gasteiger partial charge is 0.390 e. The molecule has 4 aliphatic rings. The molecule has 4 fully saturated rings. The molecule has 92 valence electrons. The molecule has 4 rings (SSSR count). The molecule has 0 radical (unpaired) electrons. The van der Waals surface area contributed by atoms with Gasteiger partial charge in [0.05, 0.1) is 12.7 Å². The van der Waals surface area contributed by atoms with E-state index in [-0.39, 0.29) is 11.5 Å². The van der Waals surface area contributed by atoms with Gasteiger partial charge in [0, 0.05) is 6.61 Å². The van der Waals surface area contributed by atoms with Crippen molar-refractivity contribution in [2.24, 2.45) is 23.2 Å². The molecule has 0 aliphatic heterocycles. The minimum atomic E-state index is -0.208. The summed E-state index contributed by atoms with van der Waals surface area (Å²) in [5, 5.41) is 10.4. The number of ether oxygens (including phenoxy) is 1. The van der Waals surface area contributed by atoms with Gasteiger partial charge in [-0.15, -0.1) is 0 Å². The van der Waals surface area contributed by atoms with Crippen molar-refractivity contribution in [3.63, 3.8) is 0 Å². The lowest BCUT2D eigenvalue weighted by Crippen LogP contribution is -2.52. The van der Waals surface area contributed by atoms with Gasteiger partial charge >= 0.3 is 0 Å². The minimum Gasteiger partial charge on any atom is -0.390 e. The van der Waals surface area contributed by atoms with Crippen LogP contribution in [0.15, 0.2) is 0 Å². The van der Waals surface area contributed by atoms with Gasteiger partial charge in [-0.3, -0.25) is 0 Å². The van der Waals surface area contributed by atoms with Crippen LogP contribution in [-0.2, 0) is 4.74 Å². The lowest BCUT2D eigenvalue weighted by Gasteiger charge is -2.58. The zero-order valence-corrected chi connectivity index (χ0v) is 10.3. The molecule has 1 atom stereocenters. The summed E-state index contributed by atoms with van der Waals surface area (Å²) in [6, 6.07) is 0. The zero-order valence-electron chi connectivity index (χ0n) is 10.3. The molecule has 0 amide bonds. The van der Waals surface area contributed by atoms with E-state index in [0.717, 1.165) is 24.4 Å². The van der Waals surface area contributed by atoms with Crippen LogP contribution in [0.4, 0.5) is 0 Å². The average molecular weight is 224 g/mol. The topological polar surface area (TPSA) is 29.5 Å². The van der Waals surface area contributed by atoms with Gasteiger partial charge in [0.1, 0.15) is 0 Å². The molecule has 0 spiro atoms. The zero-order chi connectivity index (χ0) is 11.2. The van der Waals surface area contributed by atoms with Gasteiger partial charge in [-0.2, -0.15) is 0 Å². The second-order valence-electron chi connectivity index (χ2n) is 6.46. The number of aliphatic hydroxyl groups excluding tert-OH is 1. The first kappa shape index (κ1) is 11.0. The Morgan fingerprint density at radius 2 is 1.62 bits per heavy atom.